The van der Waals surface area contributed by atoms with E-state index in [1.54, 1.807) is 0 Å². The maximum absolute atomic E-state index is 10.5. The van der Waals surface area contributed by atoms with Crippen LogP contribution in [-0.2, 0) is 4.74 Å². The Morgan fingerprint density at radius 3 is 2.42 bits per heavy atom. The summed E-state index contributed by atoms with van der Waals surface area (Å²) in [5.74, 6) is 0. The molecule has 0 aliphatic heterocycles. The van der Waals surface area contributed by atoms with Gasteiger partial charge in [0.1, 0.15) is 5.60 Å². The first-order chi connectivity index (χ1) is 5.33. The summed E-state index contributed by atoms with van der Waals surface area (Å²) in [6.45, 7) is 6.02. The normalized spacial score (nSPS) is 20.2. The fourth-order valence-electron chi connectivity index (χ4n) is 1.73. The van der Waals surface area contributed by atoms with Crippen LogP contribution in [0.25, 0.3) is 0 Å². The van der Waals surface area contributed by atoms with E-state index in [2.05, 4.69) is 6.92 Å². The molecule has 1 aliphatic carbocycles. The molecule has 2 N–H and O–H groups in total. The zero-order chi connectivity index (χ0) is 9.41. The minimum Gasteiger partial charge on any atom is -0.444 e. The van der Waals surface area contributed by atoms with E-state index >= 15 is 0 Å². The maximum atomic E-state index is 10.5. The van der Waals surface area contributed by atoms with Crippen molar-refractivity contribution in [3.8, 4) is 0 Å². The molecule has 0 aromatic rings. The molecule has 3 nitrogen and oxygen atoms in total. The van der Waals surface area contributed by atoms with E-state index in [4.69, 9.17) is 10.5 Å². The summed E-state index contributed by atoms with van der Waals surface area (Å²) in [5.41, 5.74) is 4.94. The van der Waals surface area contributed by atoms with Gasteiger partial charge < -0.3 is 10.5 Å². The van der Waals surface area contributed by atoms with Crippen molar-refractivity contribution >= 4 is 6.09 Å². The second-order valence-electron chi connectivity index (χ2n) is 4.67. The molecule has 0 bridgehead atoms. The van der Waals surface area contributed by atoms with Crippen LogP contribution in [0.2, 0.25) is 0 Å². The minimum atomic E-state index is -0.677. The summed E-state index contributed by atoms with van der Waals surface area (Å²) in [6.07, 6.45) is 2.70. The molecular formula is C9H17NO2. The summed E-state index contributed by atoms with van der Waals surface area (Å²) >= 11 is 0. The molecule has 12 heavy (non-hydrogen) atoms. The Balaban J connectivity index is 2.42. The molecule has 0 aromatic carbocycles. The first-order valence-corrected chi connectivity index (χ1v) is 4.32. The van der Waals surface area contributed by atoms with Gasteiger partial charge in [-0.25, -0.2) is 4.79 Å². The van der Waals surface area contributed by atoms with Gasteiger partial charge in [-0.1, -0.05) is 6.92 Å². The monoisotopic (exact) mass is 171 g/mol. The number of ether oxygens (including phenoxy) is 1. The first kappa shape index (κ1) is 9.36. The van der Waals surface area contributed by atoms with E-state index in [1.165, 1.54) is 12.8 Å². The number of hydrogen-bond donors (Lipinski definition) is 1. The summed E-state index contributed by atoms with van der Waals surface area (Å²) in [5, 5.41) is 0. The highest BCUT2D eigenvalue weighted by molar-refractivity contribution is 5.65. The SMILES string of the molecule is CC1(CC(C)(C)OC(N)=O)CC1. The third-order valence-corrected chi connectivity index (χ3v) is 2.33. The third-order valence-electron chi connectivity index (χ3n) is 2.33. The summed E-state index contributed by atoms with van der Waals surface area (Å²) in [6, 6.07) is 0. The molecule has 1 rings (SSSR count). The average molecular weight is 171 g/mol. The smallest absolute Gasteiger partial charge is 0.405 e. The van der Waals surface area contributed by atoms with Crippen LogP contribution in [0.15, 0.2) is 0 Å². The lowest BCUT2D eigenvalue weighted by molar-refractivity contribution is 0.0252. The number of amides is 1. The number of primary amides is 1. The highest BCUT2D eigenvalue weighted by atomic mass is 16.6. The Morgan fingerprint density at radius 1 is 1.58 bits per heavy atom. The molecule has 0 saturated heterocycles. The van der Waals surface area contributed by atoms with Crippen molar-refractivity contribution in [1.29, 1.82) is 0 Å². The maximum Gasteiger partial charge on any atom is 0.405 e. The van der Waals surface area contributed by atoms with Crippen molar-refractivity contribution in [3.05, 3.63) is 0 Å². The van der Waals surface area contributed by atoms with Crippen LogP contribution in [0.4, 0.5) is 4.79 Å². The lowest BCUT2D eigenvalue weighted by Crippen LogP contribution is -2.33. The van der Waals surface area contributed by atoms with E-state index < -0.39 is 11.7 Å². The Hall–Kier alpha value is -0.730. The van der Waals surface area contributed by atoms with E-state index in [9.17, 15) is 4.79 Å². The fourth-order valence-corrected chi connectivity index (χ4v) is 1.73. The first-order valence-electron chi connectivity index (χ1n) is 4.32. The zero-order valence-electron chi connectivity index (χ0n) is 8.02. The number of hydrogen-bond acceptors (Lipinski definition) is 2. The Bertz CT molecular complexity index is 195. The van der Waals surface area contributed by atoms with Gasteiger partial charge in [0.05, 0.1) is 0 Å². The predicted octanol–water partition coefficient (Wildman–Crippen LogP) is 2.05. The average Bonchev–Trinajstić information content (AvgIpc) is 2.40. The van der Waals surface area contributed by atoms with Gasteiger partial charge in [0.2, 0.25) is 0 Å². The predicted molar refractivity (Wildman–Crippen MR) is 46.7 cm³/mol. The molecule has 70 valence electrons. The molecular weight excluding hydrogens is 154 g/mol. The second-order valence-corrected chi connectivity index (χ2v) is 4.67. The van der Waals surface area contributed by atoms with Crippen molar-refractivity contribution in [2.75, 3.05) is 0 Å². The van der Waals surface area contributed by atoms with Gasteiger partial charge in [-0.3, -0.25) is 0 Å². The Morgan fingerprint density at radius 2 is 2.08 bits per heavy atom. The highest BCUT2D eigenvalue weighted by Crippen LogP contribution is 2.51. The molecule has 1 amide bonds. The van der Waals surface area contributed by atoms with Gasteiger partial charge in [-0.05, 0) is 38.5 Å². The molecule has 1 saturated carbocycles. The Kier molecular flexibility index (Phi) is 2.06. The van der Waals surface area contributed by atoms with Gasteiger partial charge in [0.25, 0.3) is 0 Å². The van der Waals surface area contributed by atoms with E-state index in [0.29, 0.717) is 5.41 Å². The summed E-state index contributed by atoms with van der Waals surface area (Å²) in [7, 11) is 0. The number of carbonyl (C=O) groups is 1. The largest absolute Gasteiger partial charge is 0.444 e. The van der Waals surface area contributed by atoms with E-state index in [0.717, 1.165) is 6.42 Å². The molecule has 1 fully saturated rings. The molecule has 0 aromatic heterocycles. The minimum absolute atomic E-state index is 0.388. The number of carbonyl (C=O) groups excluding carboxylic acids is 1. The molecule has 3 heteroatoms. The van der Waals surface area contributed by atoms with Crippen molar-refractivity contribution in [3.63, 3.8) is 0 Å². The van der Waals surface area contributed by atoms with Gasteiger partial charge in [-0.2, -0.15) is 0 Å². The quantitative estimate of drug-likeness (QED) is 0.706. The van der Waals surface area contributed by atoms with Crippen LogP contribution in [0, 0.1) is 5.41 Å². The van der Waals surface area contributed by atoms with E-state index in [-0.39, 0.29) is 0 Å². The van der Waals surface area contributed by atoms with Crippen LogP contribution in [0.5, 0.6) is 0 Å². The van der Waals surface area contributed by atoms with Gasteiger partial charge in [0, 0.05) is 0 Å². The molecule has 0 radical (unpaired) electrons. The standard InChI is InChI=1S/C9H17NO2/c1-8(2,12-7(10)11)6-9(3)4-5-9/h4-6H2,1-3H3,(H2,10,11). The van der Waals surface area contributed by atoms with Crippen molar-refractivity contribution < 1.29 is 9.53 Å². The van der Waals surface area contributed by atoms with Crippen LogP contribution in [0.1, 0.15) is 40.0 Å². The van der Waals surface area contributed by atoms with Crippen LogP contribution in [0.3, 0.4) is 0 Å². The number of nitrogens with two attached hydrogens (primary N) is 1. The van der Waals surface area contributed by atoms with Crippen molar-refractivity contribution in [2.24, 2.45) is 11.1 Å². The van der Waals surface area contributed by atoms with Crippen LogP contribution >= 0.6 is 0 Å². The fraction of sp³-hybridized carbons (Fsp3) is 0.889. The molecule has 0 unspecified atom stereocenters. The van der Waals surface area contributed by atoms with Gasteiger partial charge >= 0.3 is 6.09 Å². The highest BCUT2D eigenvalue weighted by Gasteiger charge is 2.43. The second kappa shape index (κ2) is 2.64. The summed E-state index contributed by atoms with van der Waals surface area (Å²) in [4.78, 5) is 10.5. The lowest BCUT2D eigenvalue weighted by atomic mass is 9.92. The van der Waals surface area contributed by atoms with Crippen molar-refractivity contribution in [2.45, 2.75) is 45.6 Å². The molecule has 0 atom stereocenters. The summed E-state index contributed by atoms with van der Waals surface area (Å²) < 4.78 is 4.99. The zero-order valence-corrected chi connectivity index (χ0v) is 8.02. The van der Waals surface area contributed by atoms with Crippen LogP contribution < -0.4 is 5.73 Å². The topological polar surface area (TPSA) is 52.3 Å². The molecule has 1 aliphatic rings. The molecule has 0 spiro atoms. The Labute approximate surface area is 73.3 Å². The van der Waals surface area contributed by atoms with Crippen LogP contribution in [-0.4, -0.2) is 11.7 Å². The van der Waals surface area contributed by atoms with Gasteiger partial charge in [-0.15, -0.1) is 0 Å². The number of rotatable bonds is 3. The van der Waals surface area contributed by atoms with Gasteiger partial charge in [0.15, 0.2) is 0 Å². The molecule has 0 heterocycles. The lowest BCUT2D eigenvalue weighted by Gasteiger charge is -2.27. The van der Waals surface area contributed by atoms with Crippen molar-refractivity contribution in [1.82, 2.24) is 0 Å². The third kappa shape index (κ3) is 2.72. The van der Waals surface area contributed by atoms with E-state index in [1.807, 2.05) is 13.8 Å².